The van der Waals surface area contributed by atoms with Crippen molar-refractivity contribution in [2.75, 3.05) is 5.32 Å². The number of aliphatic imine (C=N–C) groups is 1. The summed E-state index contributed by atoms with van der Waals surface area (Å²) in [6.07, 6.45) is 8.65. The molecule has 3 aromatic rings. The molecule has 1 amide bonds. The fraction of sp³-hybridized carbons (Fsp3) is 0.308. The first kappa shape index (κ1) is 22.0. The number of amides is 1. The number of thiophene rings is 1. The lowest BCUT2D eigenvalue weighted by atomic mass is 9.96. The zero-order valence-electron chi connectivity index (χ0n) is 18.0. The van der Waals surface area contributed by atoms with Gasteiger partial charge in [-0.05, 0) is 80.0 Å². The smallest absolute Gasteiger partial charge is 0.259 e. The molecule has 1 heterocycles. The van der Waals surface area contributed by atoms with Crippen LogP contribution in [0.15, 0.2) is 51.9 Å². The predicted molar refractivity (Wildman–Crippen MR) is 135 cm³/mol. The van der Waals surface area contributed by atoms with E-state index in [4.69, 9.17) is 4.99 Å². The highest BCUT2D eigenvalue weighted by molar-refractivity contribution is 9.10. The van der Waals surface area contributed by atoms with E-state index in [0.717, 1.165) is 56.7 Å². The van der Waals surface area contributed by atoms with Crippen LogP contribution in [0.25, 0.3) is 0 Å². The van der Waals surface area contributed by atoms with Crippen molar-refractivity contribution in [2.45, 2.75) is 52.4 Å². The highest BCUT2D eigenvalue weighted by Gasteiger charge is 2.24. The fourth-order valence-corrected chi connectivity index (χ4v) is 5.65. The van der Waals surface area contributed by atoms with Crippen LogP contribution in [0, 0.1) is 13.8 Å². The van der Waals surface area contributed by atoms with Crippen molar-refractivity contribution in [1.29, 1.82) is 0 Å². The first-order valence-corrected chi connectivity index (χ1v) is 12.4. The molecule has 1 aliphatic carbocycles. The van der Waals surface area contributed by atoms with Crippen molar-refractivity contribution < 1.29 is 4.79 Å². The minimum absolute atomic E-state index is 0.0480. The quantitative estimate of drug-likeness (QED) is 0.369. The number of anilines is 1. The Labute approximate surface area is 196 Å². The van der Waals surface area contributed by atoms with E-state index >= 15 is 0 Å². The van der Waals surface area contributed by atoms with Crippen molar-refractivity contribution in [1.82, 2.24) is 0 Å². The van der Waals surface area contributed by atoms with E-state index in [1.54, 1.807) is 11.3 Å². The highest BCUT2D eigenvalue weighted by Crippen LogP contribution is 2.39. The lowest BCUT2D eigenvalue weighted by Crippen LogP contribution is -2.15. The Morgan fingerprint density at radius 1 is 1.06 bits per heavy atom. The Morgan fingerprint density at radius 3 is 2.68 bits per heavy atom. The molecule has 0 saturated carbocycles. The molecule has 2 aromatic carbocycles. The highest BCUT2D eigenvalue weighted by atomic mass is 79.9. The van der Waals surface area contributed by atoms with Crippen molar-refractivity contribution in [3.63, 3.8) is 0 Å². The number of rotatable bonds is 4. The molecule has 0 aliphatic heterocycles. The third-order valence-corrected chi connectivity index (χ3v) is 7.39. The Morgan fingerprint density at radius 2 is 1.87 bits per heavy atom. The van der Waals surface area contributed by atoms with Gasteiger partial charge in [-0.2, -0.15) is 0 Å². The second-order valence-electron chi connectivity index (χ2n) is 8.18. The van der Waals surface area contributed by atoms with Crippen LogP contribution in [-0.4, -0.2) is 12.1 Å². The van der Waals surface area contributed by atoms with Gasteiger partial charge in [-0.15, -0.1) is 11.3 Å². The monoisotopic (exact) mass is 494 g/mol. The summed E-state index contributed by atoms with van der Waals surface area (Å²) in [4.78, 5) is 19.6. The van der Waals surface area contributed by atoms with Gasteiger partial charge in [0.1, 0.15) is 5.00 Å². The third kappa shape index (κ3) is 5.34. The molecule has 0 radical (unpaired) electrons. The number of halogens is 1. The van der Waals surface area contributed by atoms with Crippen LogP contribution in [0.4, 0.5) is 10.7 Å². The van der Waals surface area contributed by atoms with Crippen LogP contribution in [0.2, 0.25) is 0 Å². The summed E-state index contributed by atoms with van der Waals surface area (Å²) < 4.78 is 1.02. The van der Waals surface area contributed by atoms with Crippen LogP contribution in [0.1, 0.15) is 63.2 Å². The molecule has 0 saturated heterocycles. The SMILES string of the molecule is Cc1ccc(C)c(NC(=O)c2c(N=Cc3cccc(Br)c3)sc3c2CCCCCC3)c1. The second-order valence-corrected chi connectivity index (χ2v) is 10.2. The summed E-state index contributed by atoms with van der Waals surface area (Å²) in [6.45, 7) is 4.07. The van der Waals surface area contributed by atoms with E-state index < -0.39 is 0 Å². The zero-order valence-corrected chi connectivity index (χ0v) is 20.4. The number of benzene rings is 2. The van der Waals surface area contributed by atoms with Gasteiger partial charge in [-0.25, -0.2) is 4.99 Å². The van der Waals surface area contributed by atoms with Crippen LogP contribution >= 0.6 is 27.3 Å². The number of fused-ring (bicyclic) bond motifs is 1. The number of carbonyl (C=O) groups excluding carboxylic acids is 1. The molecule has 160 valence electrons. The molecule has 31 heavy (non-hydrogen) atoms. The van der Waals surface area contributed by atoms with Gasteiger partial charge < -0.3 is 5.32 Å². The maximum absolute atomic E-state index is 13.5. The molecule has 5 heteroatoms. The number of hydrogen-bond acceptors (Lipinski definition) is 3. The summed E-state index contributed by atoms with van der Waals surface area (Å²) in [7, 11) is 0. The maximum atomic E-state index is 13.5. The average molecular weight is 495 g/mol. The number of hydrogen-bond donors (Lipinski definition) is 1. The van der Waals surface area contributed by atoms with Crippen molar-refractivity contribution in [3.8, 4) is 0 Å². The largest absolute Gasteiger partial charge is 0.322 e. The molecule has 0 fully saturated rings. The molecule has 0 spiro atoms. The molecule has 0 bridgehead atoms. The summed E-state index contributed by atoms with van der Waals surface area (Å²) in [5.41, 5.74) is 6.04. The van der Waals surface area contributed by atoms with Crippen LogP contribution in [0.5, 0.6) is 0 Å². The second kappa shape index (κ2) is 9.92. The average Bonchev–Trinajstić information content (AvgIpc) is 3.05. The Hall–Kier alpha value is -2.24. The molecular weight excluding hydrogens is 468 g/mol. The maximum Gasteiger partial charge on any atom is 0.259 e. The molecule has 1 aromatic heterocycles. The molecule has 0 atom stereocenters. The summed E-state index contributed by atoms with van der Waals surface area (Å²) >= 11 is 5.20. The summed E-state index contributed by atoms with van der Waals surface area (Å²) in [5.74, 6) is -0.0480. The standard InChI is InChI=1S/C26H27BrN2OS/c1-17-12-13-18(2)22(14-17)29-25(30)24-21-10-5-3-4-6-11-23(21)31-26(24)28-16-19-8-7-9-20(27)15-19/h7-9,12-16H,3-6,10-11H2,1-2H3,(H,29,30). The van der Waals surface area contributed by atoms with E-state index in [9.17, 15) is 4.79 Å². The zero-order chi connectivity index (χ0) is 21.8. The molecule has 1 aliphatic rings. The fourth-order valence-electron chi connectivity index (χ4n) is 4.01. The first-order chi connectivity index (χ1) is 15.0. The van der Waals surface area contributed by atoms with Gasteiger partial charge in [-0.3, -0.25) is 4.79 Å². The van der Waals surface area contributed by atoms with E-state index in [-0.39, 0.29) is 5.91 Å². The van der Waals surface area contributed by atoms with E-state index in [1.165, 1.54) is 29.7 Å². The number of nitrogens with zero attached hydrogens (tertiary/aromatic N) is 1. The van der Waals surface area contributed by atoms with Crippen LogP contribution in [0.3, 0.4) is 0 Å². The molecule has 3 nitrogen and oxygen atoms in total. The normalized spacial score (nSPS) is 14.2. The Bertz CT molecular complexity index is 1130. The van der Waals surface area contributed by atoms with Gasteiger partial charge in [0.15, 0.2) is 0 Å². The molecular formula is C26H27BrN2OS. The van der Waals surface area contributed by atoms with Gasteiger partial charge in [0.05, 0.1) is 5.56 Å². The lowest BCUT2D eigenvalue weighted by Gasteiger charge is -2.13. The van der Waals surface area contributed by atoms with Gasteiger partial charge in [0.25, 0.3) is 5.91 Å². The summed E-state index contributed by atoms with van der Waals surface area (Å²) in [6, 6.07) is 14.2. The number of nitrogens with one attached hydrogen (secondary N) is 1. The van der Waals surface area contributed by atoms with E-state index in [1.807, 2.05) is 50.4 Å². The van der Waals surface area contributed by atoms with Crippen LogP contribution < -0.4 is 5.32 Å². The topological polar surface area (TPSA) is 41.5 Å². The molecule has 4 rings (SSSR count). The minimum atomic E-state index is -0.0480. The molecule has 0 unspecified atom stereocenters. The van der Waals surface area contributed by atoms with Gasteiger partial charge in [0.2, 0.25) is 0 Å². The van der Waals surface area contributed by atoms with Crippen molar-refractivity contribution >= 4 is 50.1 Å². The Balaban J connectivity index is 1.73. The van der Waals surface area contributed by atoms with Crippen molar-refractivity contribution in [2.24, 2.45) is 4.99 Å². The first-order valence-electron chi connectivity index (χ1n) is 10.8. The lowest BCUT2D eigenvalue weighted by molar-refractivity contribution is 0.102. The third-order valence-electron chi connectivity index (χ3n) is 5.70. The van der Waals surface area contributed by atoms with Gasteiger partial charge in [0, 0.05) is 21.3 Å². The number of carbonyl (C=O) groups is 1. The summed E-state index contributed by atoms with van der Waals surface area (Å²) in [5, 5.41) is 3.99. The molecule has 1 N–H and O–H groups in total. The predicted octanol–water partition coefficient (Wildman–Crippen LogP) is 7.79. The minimum Gasteiger partial charge on any atom is -0.322 e. The van der Waals surface area contributed by atoms with Crippen LogP contribution in [-0.2, 0) is 12.8 Å². The Kier molecular flexibility index (Phi) is 7.03. The van der Waals surface area contributed by atoms with E-state index in [2.05, 4.69) is 33.4 Å². The van der Waals surface area contributed by atoms with Gasteiger partial charge in [-0.1, -0.05) is 53.0 Å². The van der Waals surface area contributed by atoms with Crippen molar-refractivity contribution in [3.05, 3.63) is 79.6 Å². The van der Waals surface area contributed by atoms with Gasteiger partial charge >= 0.3 is 0 Å². The number of aryl methyl sites for hydroxylation is 3. The van der Waals surface area contributed by atoms with E-state index in [0.29, 0.717) is 0 Å².